The van der Waals surface area contributed by atoms with Crippen LogP contribution < -0.4 is 5.32 Å². The molecule has 0 radical (unpaired) electrons. The van der Waals surface area contributed by atoms with Gasteiger partial charge in [0.1, 0.15) is 12.6 Å². The second kappa shape index (κ2) is 9.33. The van der Waals surface area contributed by atoms with Crippen molar-refractivity contribution in [1.29, 1.82) is 0 Å². The van der Waals surface area contributed by atoms with E-state index in [1.807, 2.05) is 0 Å². The number of likely N-dealkylation sites (N-methyl/N-ethyl adjacent to an activating group) is 1. The first-order chi connectivity index (χ1) is 16.4. The first-order valence-electron chi connectivity index (χ1n) is 10.6. The van der Waals surface area contributed by atoms with Crippen LogP contribution in [0, 0.1) is 6.92 Å². The molecule has 2 aromatic rings. The van der Waals surface area contributed by atoms with E-state index in [2.05, 4.69) is 10.5 Å². The Labute approximate surface area is 208 Å². The summed E-state index contributed by atoms with van der Waals surface area (Å²) in [4.78, 5) is 35.1. The van der Waals surface area contributed by atoms with E-state index in [1.165, 1.54) is 23.3 Å². The Morgan fingerprint density at radius 1 is 1.23 bits per heavy atom. The molecular formula is C23H20Cl2F3N3O4. The number of carbonyl (C=O) groups excluding carboxylic acids is 2. The molecule has 2 atom stereocenters. The van der Waals surface area contributed by atoms with Crippen molar-refractivity contribution in [2.75, 3.05) is 13.2 Å². The van der Waals surface area contributed by atoms with E-state index in [1.54, 1.807) is 19.9 Å². The fourth-order valence-corrected chi connectivity index (χ4v) is 4.53. The zero-order chi connectivity index (χ0) is 25.5. The topological polar surface area (TPSA) is 80.2 Å². The number of carbonyl (C=O) groups is 2. The van der Waals surface area contributed by atoms with Crippen LogP contribution in [-0.2, 0) is 20.1 Å². The van der Waals surface area contributed by atoms with Gasteiger partial charge in [0.2, 0.25) is 0 Å². The van der Waals surface area contributed by atoms with E-state index in [0.29, 0.717) is 17.7 Å². The first kappa shape index (κ1) is 25.3. The van der Waals surface area contributed by atoms with Gasteiger partial charge in [0, 0.05) is 34.1 Å². The first-order valence-corrected chi connectivity index (χ1v) is 11.4. The third-order valence-corrected chi connectivity index (χ3v) is 6.29. The summed E-state index contributed by atoms with van der Waals surface area (Å²) in [5.41, 5.74) is -1.87. The maximum atomic E-state index is 14.2. The van der Waals surface area contributed by atoms with Gasteiger partial charge in [-0.3, -0.25) is 14.4 Å². The van der Waals surface area contributed by atoms with Gasteiger partial charge in [0.05, 0.1) is 5.71 Å². The van der Waals surface area contributed by atoms with Gasteiger partial charge in [0.25, 0.3) is 17.4 Å². The molecule has 0 saturated carbocycles. The summed E-state index contributed by atoms with van der Waals surface area (Å²) in [6.07, 6.45) is -5.43. The number of nitrogens with one attached hydrogen (secondary N) is 1. The Bertz CT molecular complexity index is 1200. The maximum Gasteiger partial charge on any atom is 0.435 e. The number of hydrogen-bond donors (Lipinski definition) is 1. The summed E-state index contributed by atoms with van der Waals surface area (Å²) in [7, 11) is 0. The monoisotopic (exact) mass is 529 g/mol. The van der Waals surface area contributed by atoms with Crippen molar-refractivity contribution in [3.63, 3.8) is 0 Å². The van der Waals surface area contributed by atoms with Gasteiger partial charge in [-0.2, -0.15) is 13.2 Å². The predicted octanol–water partition coefficient (Wildman–Crippen LogP) is 4.78. The van der Waals surface area contributed by atoms with Crippen molar-refractivity contribution in [2.24, 2.45) is 5.16 Å². The third kappa shape index (κ3) is 4.70. The maximum absolute atomic E-state index is 14.2. The summed E-state index contributed by atoms with van der Waals surface area (Å²) < 4.78 is 42.6. The van der Waals surface area contributed by atoms with Crippen molar-refractivity contribution in [2.45, 2.75) is 38.1 Å². The Hall–Kier alpha value is -2.82. The SMILES string of the molecule is CCN1OC[C@@H](NC(=O)c2ccc(C3=NO[C@@](c4cc(Cl)cc(Cl)c4)(C(F)(F)F)C3)cc2C)C1=O. The number of nitrogens with zero attached hydrogens (tertiary/aromatic N) is 2. The number of hydroxylamine groups is 2. The molecule has 186 valence electrons. The van der Waals surface area contributed by atoms with Crippen LogP contribution >= 0.6 is 23.2 Å². The number of hydrogen-bond acceptors (Lipinski definition) is 5. The average molecular weight is 530 g/mol. The summed E-state index contributed by atoms with van der Waals surface area (Å²) >= 11 is 11.9. The van der Waals surface area contributed by atoms with Gasteiger partial charge in [-0.15, -0.1) is 0 Å². The summed E-state index contributed by atoms with van der Waals surface area (Å²) in [6.45, 7) is 3.75. The molecule has 0 bridgehead atoms. The minimum absolute atomic E-state index is 0.0245. The van der Waals surface area contributed by atoms with Crippen LogP contribution in [0.5, 0.6) is 0 Å². The van der Waals surface area contributed by atoms with Gasteiger partial charge >= 0.3 is 6.18 Å². The quantitative estimate of drug-likeness (QED) is 0.604. The highest BCUT2D eigenvalue weighted by Crippen LogP contribution is 2.49. The van der Waals surface area contributed by atoms with E-state index in [0.717, 1.165) is 12.1 Å². The second-order valence-corrected chi connectivity index (χ2v) is 9.05. The molecule has 7 nitrogen and oxygen atoms in total. The molecule has 1 N–H and O–H groups in total. The molecule has 0 spiro atoms. The Morgan fingerprint density at radius 2 is 1.91 bits per heavy atom. The highest BCUT2D eigenvalue weighted by molar-refractivity contribution is 6.34. The van der Waals surface area contributed by atoms with Crippen LogP contribution in [0.2, 0.25) is 10.0 Å². The van der Waals surface area contributed by atoms with E-state index < -0.39 is 30.1 Å². The second-order valence-electron chi connectivity index (χ2n) is 8.17. The van der Waals surface area contributed by atoms with Crippen molar-refractivity contribution in [3.05, 3.63) is 68.7 Å². The van der Waals surface area contributed by atoms with E-state index in [4.69, 9.17) is 32.9 Å². The van der Waals surface area contributed by atoms with Crippen LogP contribution in [0.1, 0.15) is 40.4 Å². The summed E-state index contributed by atoms with van der Waals surface area (Å²) in [6, 6.07) is 7.28. The number of halogens is 5. The lowest BCUT2D eigenvalue weighted by Crippen LogP contribution is -2.43. The van der Waals surface area contributed by atoms with Crippen molar-refractivity contribution in [1.82, 2.24) is 10.4 Å². The molecule has 2 heterocycles. The molecule has 4 rings (SSSR count). The Balaban J connectivity index is 1.56. The van der Waals surface area contributed by atoms with E-state index in [-0.39, 0.29) is 39.4 Å². The Morgan fingerprint density at radius 3 is 2.49 bits per heavy atom. The minimum Gasteiger partial charge on any atom is -0.374 e. The Kier molecular flexibility index (Phi) is 6.74. The fraction of sp³-hybridized carbons (Fsp3) is 0.348. The minimum atomic E-state index is -4.82. The number of oxime groups is 1. The smallest absolute Gasteiger partial charge is 0.374 e. The number of alkyl halides is 3. The molecule has 2 aliphatic heterocycles. The molecule has 12 heteroatoms. The lowest BCUT2D eigenvalue weighted by molar-refractivity contribution is -0.275. The lowest BCUT2D eigenvalue weighted by Gasteiger charge is -2.29. The molecule has 35 heavy (non-hydrogen) atoms. The molecule has 0 aromatic heterocycles. The van der Waals surface area contributed by atoms with Crippen LogP contribution in [0.3, 0.4) is 0 Å². The molecule has 2 aromatic carbocycles. The van der Waals surface area contributed by atoms with Gasteiger partial charge in [-0.05, 0) is 55.3 Å². The van der Waals surface area contributed by atoms with Crippen molar-refractivity contribution >= 4 is 40.7 Å². The zero-order valence-electron chi connectivity index (χ0n) is 18.6. The third-order valence-electron chi connectivity index (χ3n) is 5.85. The van der Waals surface area contributed by atoms with Crippen LogP contribution in [0.4, 0.5) is 13.2 Å². The van der Waals surface area contributed by atoms with Crippen LogP contribution in [0.25, 0.3) is 0 Å². The number of aryl methyl sites for hydroxylation is 1. The molecule has 2 aliphatic rings. The normalized spacial score (nSPS) is 22.3. The van der Waals surface area contributed by atoms with E-state index >= 15 is 0 Å². The summed E-state index contributed by atoms with van der Waals surface area (Å²) in [5.74, 6) is -0.853. The molecule has 1 saturated heterocycles. The molecule has 1 fully saturated rings. The fourth-order valence-electron chi connectivity index (χ4n) is 4.00. The van der Waals surface area contributed by atoms with Crippen LogP contribution in [-0.4, -0.2) is 48.0 Å². The number of amides is 2. The zero-order valence-corrected chi connectivity index (χ0v) is 20.1. The molecule has 0 aliphatic carbocycles. The van der Waals surface area contributed by atoms with Crippen LogP contribution in [0.15, 0.2) is 41.6 Å². The predicted molar refractivity (Wildman–Crippen MR) is 122 cm³/mol. The van der Waals surface area contributed by atoms with Gasteiger partial charge in [-0.1, -0.05) is 34.4 Å². The average Bonchev–Trinajstić information content (AvgIpc) is 3.38. The van der Waals surface area contributed by atoms with Gasteiger partial charge < -0.3 is 10.2 Å². The molecular weight excluding hydrogens is 510 g/mol. The van der Waals surface area contributed by atoms with E-state index in [9.17, 15) is 22.8 Å². The highest BCUT2D eigenvalue weighted by atomic mass is 35.5. The largest absolute Gasteiger partial charge is 0.435 e. The molecule has 2 amide bonds. The van der Waals surface area contributed by atoms with Crippen molar-refractivity contribution < 1.29 is 32.4 Å². The van der Waals surface area contributed by atoms with Crippen molar-refractivity contribution in [3.8, 4) is 0 Å². The standard InChI is InChI=1S/C23H20Cl2F3N3O4/c1-3-31-21(33)19(11-34-31)29-20(32)17-5-4-13(6-12(17)2)18-10-22(35-30-18,23(26,27)28)14-7-15(24)9-16(25)8-14/h4-9,19H,3,10-11H2,1-2H3,(H,29,32)/t19-,22+/m1/s1. The lowest BCUT2D eigenvalue weighted by atomic mass is 9.86. The molecule has 0 unspecified atom stereocenters. The van der Waals surface area contributed by atoms with Gasteiger partial charge in [0.15, 0.2) is 0 Å². The van der Waals surface area contributed by atoms with Gasteiger partial charge in [-0.25, -0.2) is 5.06 Å². The number of benzene rings is 2. The number of rotatable bonds is 5. The summed E-state index contributed by atoms with van der Waals surface area (Å²) in [5, 5.41) is 7.59. The highest BCUT2D eigenvalue weighted by Gasteiger charge is 2.62.